The molecule has 3 nitrogen and oxygen atoms in total. The minimum atomic E-state index is 0.345. The number of aromatic nitrogens is 2. The molecule has 6 heteroatoms. The highest BCUT2D eigenvalue weighted by atomic mass is 35.5. The van der Waals surface area contributed by atoms with Gasteiger partial charge in [0.25, 0.3) is 0 Å². The Morgan fingerprint density at radius 1 is 1.42 bits per heavy atom. The number of thiophene rings is 1. The van der Waals surface area contributed by atoms with Crippen molar-refractivity contribution in [2.24, 2.45) is 11.3 Å². The second-order valence-corrected chi connectivity index (χ2v) is 10.1. The summed E-state index contributed by atoms with van der Waals surface area (Å²) in [5.74, 6) is 2.11. The van der Waals surface area contributed by atoms with Crippen LogP contribution in [0.25, 0.3) is 10.2 Å². The van der Waals surface area contributed by atoms with Gasteiger partial charge in [-0.05, 0) is 43.1 Å². The molecule has 2 aromatic heterocycles. The van der Waals surface area contributed by atoms with Crippen molar-refractivity contribution in [1.82, 2.24) is 9.97 Å². The Hall–Kier alpha value is -0.780. The number of nitrogen functional groups attached to an aromatic ring is 1. The molecule has 0 spiro atoms. The summed E-state index contributed by atoms with van der Waals surface area (Å²) in [5.41, 5.74) is 8.01. The van der Waals surface area contributed by atoms with Gasteiger partial charge < -0.3 is 5.73 Å². The largest absolute Gasteiger partial charge is 0.383 e. The van der Waals surface area contributed by atoms with Crippen molar-refractivity contribution in [2.75, 3.05) is 11.5 Å². The SMILES string of the molecule is CC(Cl)=CCSc1nc(N)c2c3c(sc2n1)CC(C(C)(C)C)CC3. The first-order valence-corrected chi connectivity index (χ1v) is 10.5. The van der Waals surface area contributed by atoms with E-state index < -0.39 is 0 Å². The van der Waals surface area contributed by atoms with Crippen LogP contribution in [-0.2, 0) is 12.8 Å². The second-order valence-electron chi connectivity index (χ2n) is 7.48. The van der Waals surface area contributed by atoms with E-state index in [1.807, 2.05) is 13.0 Å². The van der Waals surface area contributed by atoms with E-state index in [1.165, 1.54) is 16.9 Å². The number of aryl methyl sites for hydroxylation is 1. The normalized spacial score (nSPS) is 18.9. The van der Waals surface area contributed by atoms with Gasteiger partial charge in [0.1, 0.15) is 10.6 Å². The molecule has 2 aromatic rings. The number of hydrogen-bond acceptors (Lipinski definition) is 5. The van der Waals surface area contributed by atoms with Gasteiger partial charge in [0, 0.05) is 15.7 Å². The van der Waals surface area contributed by atoms with Crippen LogP contribution in [0.3, 0.4) is 0 Å². The summed E-state index contributed by atoms with van der Waals surface area (Å²) in [5, 5.41) is 2.62. The highest BCUT2D eigenvalue weighted by molar-refractivity contribution is 7.99. The zero-order chi connectivity index (χ0) is 17.5. The van der Waals surface area contributed by atoms with E-state index in [4.69, 9.17) is 22.3 Å². The zero-order valence-electron chi connectivity index (χ0n) is 14.6. The number of nitrogens with two attached hydrogens (primary N) is 1. The van der Waals surface area contributed by atoms with Crippen LogP contribution >= 0.6 is 34.7 Å². The van der Waals surface area contributed by atoms with E-state index in [0.29, 0.717) is 11.2 Å². The highest BCUT2D eigenvalue weighted by Gasteiger charge is 2.31. The fraction of sp³-hybridized carbons (Fsp3) is 0.556. The smallest absolute Gasteiger partial charge is 0.191 e. The van der Waals surface area contributed by atoms with Crippen molar-refractivity contribution in [3.8, 4) is 0 Å². The Kier molecular flexibility index (Phi) is 5.14. The Morgan fingerprint density at radius 3 is 2.83 bits per heavy atom. The van der Waals surface area contributed by atoms with Gasteiger partial charge in [0.15, 0.2) is 5.16 Å². The van der Waals surface area contributed by atoms with Crippen LogP contribution in [0.2, 0.25) is 0 Å². The molecule has 0 fully saturated rings. The lowest BCUT2D eigenvalue weighted by Gasteiger charge is -2.33. The van der Waals surface area contributed by atoms with Crippen molar-refractivity contribution in [2.45, 2.75) is 52.1 Å². The molecule has 1 atom stereocenters. The van der Waals surface area contributed by atoms with Crippen molar-refractivity contribution < 1.29 is 0 Å². The zero-order valence-corrected chi connectivity index (χ0v) is 17.0. The Balaban J connectivity index is 1.92. The molecule has 1 unspecified atom stereocenters. The Labute approximate surface area is 157 Å². The molecule has 24 heavy (non-hydrogen) atoms. The van der Waals surface area contributed by atoms with Gasteiger partial charge in [0.2, 0.25) is 0 Å². The van der Waals surface area contributed by atoms with Crippen LogP contribution in [0.15, 0.2) is 16.3 Å². The third-order valence-electron chi connectivity index (χ3n) is 4.72. The highest BCUT2D eigenvalue weighted by Crippen LogP contribution is 2.44. The molecular formula is C18H24ClN3S2. The fourth-order valence-electron chi connectivity index (χ4n) is 3.22. The van der Waals surface area contributed by atoms with Crippen molar-refractivity contribution in [1.29, 1.82) is 0 Å². The van der Waals surface area contributed by atoms with Crippen molar-refractivity contribution in [3.63, 3.8) is 0 Å². The van der Waals surface area contributed by atoms with Crippen LogP contribution in [0, 0.1) is 11.3 Å². The lowest BCUT2D eigenvalue weighted by molar-refractivity contribution is 0.218. The molecule has 0 bridgehead atoms. The molecule has 3 rings (SSSR count). The van der Waals surface area contributed by atoms with Crippen molar-refractivity contribution >= 4 is 50.7 Å². The van der Waals surface area contributed by atoms with Gasteiger partial charge in [-0.1, -0.05) is 50.2 Å². The van der Waals surface area contributed by atoms with Gasteiger partial charge in [-0.2, -0.15) is 0 Å². The average Bonchev–Trinajstić information content (AvgIpc) is 2.83. The molecule has 2 heterocycles. The van der Waals surface area contributed by atoms with E-state index in [-0.39, 0.29) is 0 Å². The number of allylic oxidation sites excluding steroid dienone is 1. The summed E-state index contributed by atoms with van der Waals surface area (Å²) in [6.45, 7) is 8.89. The molecule has 1 aliphatic carbocycles. The summed E-state index contributed by atoms with van der Waals surface area (Å²) in [6.07, 6.45) is 5.41. The minimum absolute atomic E-state index is 0.345. The molecule has 0 aromatic carbocycles. The summed E-state index contributed by atoms with van der Waals surface area (Å²) < 4.78 is 0. The van der Waals surface area contributed by atoms with E-state index >= 15 is 0 Å². The summed E-state index contributed by atoms with van der Waals surface area (Å²) in [7, 11) is 0. The molecule has 0 saturated carbocycles. The molecule has 130 valence electrons. The first kappa shape index (κ1) is 18.0. The Morgan fingerprint density at radius 2 is 2.17 bits per heavy atom. The average molecular weight is 382 g/mol. The van der Waals surface area contributed by atoms with Crippen LogP contribution in [0.1, 0.15) is 44.6 Å². The first-order chi connectivity index (χ1) is 11.3. The summed E-state index contributed by atoms with van der Waals surface area (Å²) >= 11 is 9.25. The lowest BCUT2D eigenvalue weighted by atomic mass is 9.72. The standard InChI is InChI=1S/C18H24ClN3S2/c1-10(19)7-8-23-17-21-15(20)14-12-6-5-11(18(2,3)4)9-13(12)24-16(14)22-17/h7,11H,5-6,8-9H2,1-4H3,(H2,20,21,22). The molecule has 0 saturated heterocycles. The molecule has 0 amide bonds. The molecular weight excluding hydrogens is 358 g/mol. The molecule has 0 radical (unpaired) electrons. The van der Waals surface area contributed by atoms with E-state index in [0.717, 1.165) is 44.9 Å². The van der Waals surface area contributed by atoms with Gasteiger partial charge in [-0.3, -0.25) is 0 Å². The van der Waals surface area contributed by atoms with Gasteiger partial charge in [-0.15, -0.1) is 11.3 Å². The fourth-order valence-corrected chi connectivity index (χ4v) is 5.55. The molecule has 0 aliphatic heterocycles. The minimum Gasteiger partial charge on any atom is -0.383 e. The third kappa shape index (κ3) is 3.73. The predicted molar refractivity (Wildman–Crippen MR) is 107 cm³/mol. The quantitative estimate of drug-likeness (QED) is 0.550. The van der Waals surface area contributed by atoms with E-state index in [9.17, 15) is 0 Å². The second kappa shape index (κ2) is 6.85. The van der Waals surface area contributed by atoms with Gasteiger partial charge in [0.05, 0.1) is 5.39 Å². The molecule has 2 N–H and O–H groups in total. The van der Waals surface area contributed by atoms with Crippen LogP contribution < -0.4 is 5.73 Å². The Bertz CT molecular complexity index is 786. The van der Waals surface area contributed by atoms with E-state index in [2.05, 4.69) is 25.8 Å². The maximum atomic E-state index is 6.28. The third-order valence-corrected chi connectivity index (χ3v) is 6.79. The number of fused-ring (bicyclic) bond motifs is 3. The summed E-state index contributed by atoms with van der Waals surface area (Å²) in [4.78, 5) is 11.7. The van der Waals surface area contributed by atoms with E-state index in [1.54, 1.807) is 23.1 Å². The van der Waals surface area contributed by atoms with Gasteiger partial charge >= 0.3 is 0 Å². The van der Waals surface area contributed by atoms with Crippen LogP contribution in [0.4, 0.5) is 5.82 Å². The predicted octanol–water partition coefficient (Wildman–Crippen LogP) is 5.66. The van der Waals surface area contributed by atoms with Crippen LogP contribution in [0.5, 0.6) is 0 Å². The number of thioether (sulfide) groups is 1. The molecule has 1 aliphatic rings. The monoisotopic (exact) mass is 381 g/mol. The van der Waals surface area contributed by atoms with Crippen LogP contribution in [-0.4, -0.2) is 15.7 Å². The van der Waals surface area contributed by atoms with Crippen molar-refractivity contribution in [3.05, 3.63) is 21.5 Å². The van der Waals surface area contributed by atoms with Gasteiger partial charge in [-0.25, -0.2) is 9.97 Å². The number of anilines is 1. The number of hydrogen-bond donors (Lipinski definition) is 1. The number of halogens is 1. The number of nitrogens with zero attached hydrogens (tertiary/aromatic N) is 2. The maximum Gasteiger partial charge on any atom is 0.191 e. The maximum absolute atomic E-state index is 6.28. The lowest BCUT2D eigenvalue weighted by Crippen LogP contribution is -2.26. The first-order valence-electron chi connectivity index (χ1n) is 8.28. The summed E-state index contributed by atoms with van der Waals surface area (Å²) in [6, 6.07) is 0. The topological polar surface area (TPSA) is 51.8 Å². The number of rotatable bonds is 3.